The van der Waals surface area contributed by atoms with Crippen molar-refractivity contribution in [3.05, 3.63) is 0 Å². The Hall–Kier alpha value is -0.120. The third-order valence-corrected chi connectivity index (χ3v) is 3.72. The molecule has 1 heterocycles. The molecule has 1 saturated heterocycles. The molecule has 0 radical (unpaired) electrons. The standard InChI is InChI=1S/C13H26N2O/c1-3-4-11-8-13(11)15-10(2)7-12-9-16-6-5-14-12/h10-15H,3-9H2,1-2H3. The van der Waals surface area contributed by atoms with Crippen LogP contribution in [0, 0.1) is 5.92 Å². The summed E-state index contributed by atoms with van der Waals surface area (Å²) >= 11 is 0. The fourth-order valence-corrected chi connectivity index (χ4v) is 2.77. The zero-order valence-electron chi connectivity index (χ0n) is 10.7. The van der Waals surface area contributed by atoms with Crippen molar-refractivity contribution in [1.29, 1.82) is 0 Å². The Bertz CT molecular complexity index is 204. The predicted octanol–water partition coefficient (Wildman–Crippen LogP) is 1.53. The highest BCUT2D eigenvalue weighted by molar-refractivity contribution is 4.94. The van der Waals surface area contributed by atoms with Crippen molar-refractivity contribution in [1.82, 2.24) is 10.6 Å². The van der Waals surface area contributed by atoms with Crippen molar-refractivity contribution in [3.8, 4) is 0 Å². The normalized spacial score (nSPS) is 36.0. The maximum Gasteiger partial charge on any atom is 0.0620 e. The van der Waals surface area contributed by atoms with Crippen LogP contribution in [0.3, 0.4) is 0 Å². The van der Waals surface area contributed by atoms with Crippen LogP contribution in [0.5, 0.6) is 0 Å². The van der Waals surface area contributed by atoms with Gasteiger partial charge in [-0.2, -0.15) is 0 Å². The van der Waals surface area contributed by atoms with Crippen LogP contribution in [-0.2, 0) is 4.74 Å². The first-order chi connectivity index (χ1) is 7.79. The van der Waals surface area contributed by atoms with Crippen LogP contribution >= 0.6 is 0 Å². The van der Waals surface area contributed by atoms with E-state index in [9.17, 15) is 0 Å². The van der Waals surface area contributed by atoms with Crippen LogP contribution in [0.25, 0.3) is 0 Å². The minimum absolute atomic E-state index is 0.555. The van der Waals surface area contributed by atoms with Gasteiger partial charge in [-0.3, -0.25) is 0 Å². The molecule has 0 bridgehead atoms. The summed E-state index contributed by atoms with van der Waals surface area (Å²) < 4.78 is 5.47. The van der Waals surface area contributed by atoms with Gasteiger partial charge in [0.15, 0.2) is 0 Å². The average Bonchev–Trinajstić information content (AvgIpc) is 2.98. The van der Waals surface area contributed by atoms with Crippen molar-refractivity contribution in [3.63, 3.8) is 0 Å². The lowest BCUT2D eigenvalue weighted by atomic mass is 10.1. The quantitative estimate of drug-likeness (QED) is 0.720. The molecule has 4 unspecified atom stereocenters. The number of hydrogen-bond acceptors (Lipinski definition) is 3. The van der Waals surface area contributed by atoms with E-state index in [1.165, 1.54) is 25.7 Å². The molecular formula is C13H26N2O. The SMILES string of the molecule is CCCC1CC1NC(C)CC1COCCN1. The summed E-state index contributed by atoms with van der Waals surface area (Å²) in [5, 5.41) is 7.26. The first-order valence-corrected chi connectivity index (χ1v) is 6.86. The molecule has 0 aromatic heterocycles. The average molecular weight is 226 g/mol. The Morgan fingerprint density at radius 1 is 1.50 bits per heavy atom. The molecule has 1 saturated carbocycles. The van der Waals surface area contributed by atoms with Crippen molar-refractivity contribution >= 4 is 0 Å². The van der Waals surface area contributed by atoms with E-state index in [-0.39, 0.29) is 0 Å². The fraction of sp³-hybridized carbons (Fsp3) is 1.00. The van der Waals surface area contributed by atoms with E-state index < -0.39 is 0 Å². The topological polar surface area (TPSA) is 33.3 Å². The van der Waals surface area contributed by atoms with Gasteiger partial charge in [0.05, 0.1) is 13.2 Å². The minimum Gasteiger partial charge on any atom is -0.379 e. The molecule has 2 N–H and O–H groups in total. The van der Waals surface area contributed by atoms with Crippen molar-refractivity contribution < 1.29 is 4.74 Å². The third kappa shape index (κ3) is 3.72. The van der Waals surface area contributed by atoms with E-state index in [0.29, 0.717) is 12.1 Å². The molecule has 2 fully saturated rings. The van der Waals surface area contributed by atoms with E-state index in [0.717, 1.165) is 31.7 Å². The molecule has 4 atom stereocenters. The molecule has 0 aromatic carbocycles. The van der Waals surface area contributed by atoms with E-state index in [1.54, 1.807) is 0 Å². The zero-order valence-corrected chi connectivity index (χ0v) is 10.7. The second-order valence-electron chi connectivity index (χ2n) is 5.42. The van der Waals surface area contributed by atoms with Gasteiger partial charge in [0.2, 0.25) is 0 Å². The van der Waals surface area contributed by atoms with Crippen LogP contribution in [-0.4, -0.2) is 37.9 Å². The summed E-state index contributed by atoms with van der Waals surface area (Å²) in [4.78, 5) is 0. The summed E-state index contributed by atoms with van der Waals surface area (Å²) in [7, 11) is 0. The molecule has 1 aliphatic carbocycles. The number of nitrogens with one attached hydrogen (secondary N) is 2. The van der Waals surface area contributed by atoms with Gasteiger partial charge in [0.25, 0.3) is 0 Å². The maximum absolute atomic E-state index is 5.47. The molecule has 3 heteroatoms. The van der Waals surface area contributed by atoms with Crippen molar-refractivity contribution in [2.24, 2.45) is 5.92 Å². The summed E-state index contributed by atoms with van der Waals surface area (Å²) in [5.74, 6) is 0.961. The number of morpholine rings is 1. The van der Waals surface area contributed by atoms with Gasteiger partial charge in [-0.25, -0.2) is 0 Å². The third-order valence-electron chi connectivity index (χ3n) is 3.72. The molecule has 16 heavy (non-hydrogen) atoms. The molecule has 94 valence electrons. The van der Waals surface area contributed by atoms with Gasteiger partial charge < -0.3 is 15.4 Å². The van der Waals surface area contributed by atoms with Crippen LogP contribution in [0.2, 0.25) is 0 Å². The number of hydrogen-bond donors (Lipinski definition) is 2. The predicted molar refractivity (Wildman–Crippen MR) is 66.6 cm³/mol. The molecule has 2 aliphatic rings. The van der Waals surface area contributed by atoms with E-state index in [1.807, 2.05) is 0 Å². The van der Waals surface area contributed by atoms with Crippen LogP contribution in [0.15, 0.2) is 0 Å². The molecule has 0 spiro atoms. The second kappa shape index (κ2) is 5.99. The van der Waals surface area contributed by atoms with Crippen LogP contribution in [0.1, 0.15) is 39.5 Å². The van der Waals surface area contributed by atoms with E-state index >= 15 is 0 Å². The first kappa shape index (κ1) is 12.3. The highest BCUT2D eigenvalue weighted by Gasteiger charge is 2.36. The first-order valence-electron chi connectivity index (χ1n) is 6.86. The highest BCUT2D eigenvalue weighted by Crippen LogP contribution is 2.35. The Kier molecular flexibility index (Phi) is 4.62. The molecule has 3 nitrogen and oxygen atoms in total. The van der Waals surface area contributed by atoms with E-state index in [4.69, 9.17) is 4.74 Å². The highest BCUT2D eigenvalue weighted by atomic mass is 16.5. The van der Waals surface area contributed by atoms with Gasteiger partial charge in [0, 0.05) is 24.7 Å². The van der Waals surface area contributed by atoms with Crippen molar-refractivity contribution in [2.45, 2.75) is 57.7 Å². The van der Waals surface area contributed by atoms with Crippen LogP contribution in [0.4, 0.5) is 0 Å². The largest absolute Gasteiger partial charge is 0.379 e. The van der Waals surface area contributed by atoms with Gasteiger partial charge >= 0.3 is 0 Å². The molecule has 0 aromatic rings. The Morgan fingerprint density at radius 2 is 2.38 bits per heavy atom. The lowest BCUT2D eigenvalue weighted by Crippen LogP contribution is -2.45. The summed E-state index contributed by atoms with van der Waals surface area (Å²) in [6.45, 7) is 7.35. The van der Waals surface area contributed by atoms with Gasteiger partial charge in [-0.15, -0.1) is 0 Å². The maximum atomic E-state index is 5.47. The van der Waals surface area contributed by atoms with Gasteiger partial charge in [-0.1, -0.05) is 13.3 Å². The monoisotopic (exact) mass is 226 g/mol. The number of rotatable bonds is 6. The van der Waals surface area contributed by atoms with Crippen LogP contribution < -0.4 is 10.6 Å². The molecular weight excluding hydrogens is 200 g/mol. The Balaban J connectivity index is 1.59. The Labute approximate surface area is 99.3 Å². The van der Waals surface area contributed by atoms with E-state index in [2.05, 4.69) is 24.5 Å². The summed E-state index contributed by atoms with van der Waals surface area (Å²) in [6, 6.07) is 1.98. The second-order valence-corrected chi connectivity index (χ2v) is 5.42. The summed E-state index contributed by atoms with van der Waals surface area (Å²) in [6.07, 6.45) is 5.31. The smallest absolute Gasteiger partial charge is 0.0620 e. The number of ether oxygens (including phenoxy) is 1. The lowest BCUT2D eigenvalue weighted by molar-refractivity contribution is 0.0711. The molecule has 0 amide bonds. The van der Waals surface area contributed by atoms with Gasteiger partial charge in [0.1, 0.15) is 0 Å². The Morgan fingerprint density at radius 3 is 3.06 bits per heavy atom. The summed E-state index contributed by atoms with van der Waals surface area (Å²) in [5.41, 5.74) is 0. The molecule has 2 rings (SSSR count). The van der Waals surface area contributed by atoms with Gasteiger partial charge in [-0.05, 0) is 32.1 Å². The lowest BCUT2D eigenvalue weighted by Gasteiger charge is -2.26. The fourth-order valence-electron chi connectivity index (χ4n) is 2.77. The minimum atomic E-state index is 0.555. The molecule has 1 aliphatic heterocycles. The van der Waals surface area contributed by atoms with Crippen molar-refractivity contribution in [2.75, 3.05) is 19.8 Å². The zero-order chi connectivity index (χ0) is 11.4.